The Hall–Kier alpha value is -0.220. The highest BCUT2D eigenvalue weighted by Gasteiger charge is 2.22. The highest BCUT2D eigenvalue weighted by molar-refractivity contribution is 7.87. The molecule has 2 N–H and O–H groups in total. The minimum atomic E-state index is -4.02. The Morgan fingerprint density at radius 2 is 1.76 bits per heavy atom. The maximum Gasteiger partial charge on any atom is 0.294 e. The van der Waals surface area contributed by atoms with Crippen LogP contribution in [0.25, 0.3) is 0 Å². The average molecular weight is 290 g/mol. The Morgan fingerprint density at radius 3 is 2.24 bits per heavy atom. The Bertz CT molecular complexity index is 398. The zero-order valence-corrected chi connectivity index (χ0v) is 11.2. The lowest BCUT2D eigenvalue weighted by atomic mass is 10.4. The molecule has 0 bridgehead atoms. The van der Waals surface area contributed by atoms with Gasteiger partial charge in [-0.25, -0.2) is 0 Å². The quantitative estimate of drug-likeness (QED) is 0.352. The molecule has 0 aromatic rings. The van der Waals surface area contributed by atoms with Crippen molar-refractivity contribution in [1.29, 1.82) is 0 Å². The molecule has 0 aliphatic rings. The van der Waals surface area contributed by atoms with Crippen LogP contribution in [-0.2, 0) is 24.4 Å². The molecule has 0 aliphatic carbocycles. The maximum atomic E-state index is 11.2. The average Bonchev–Trinajstić information content (AvgIpc) is 2.15. The first kappa shape index (κ1) is 16.8. The van der Waals surface area contributed by atoms with Crippen molar-refractivity contribution in [2.75, 3.05) is 12.4 Å². The van der Waals surface area contributed by atoms with Crippen molar-refractivity contribution in [3.8, 4) is 0 Å². The fourth-order valence-corrected chi connectivity index (χ4v) is 2.63. The Morgan fingerprint density at radius 1 is 1.18 bits per heavy atom. The van der Waals surface area contributed by atoms with E-state index in [1.54, 1.807) is 6.92 Å². The summed E-state index contributed by atoms with van der Waals surface area (Å²) in [6.45, 7) is 1.52. The summed E-state index contributed by atoms with van der Waals surface area (Å²) >= 11 is 0. The van der Waals surface area contributed by atoms with Crippen LogP contribution in [0.4, 0.5) is 0 Å². The molecule has 17 heavy (non-hydrogen) atoms. The summed E-state index contributed by atoms with van der Waals surface area (Å²) in [4.78, 5) is 0. The molecular weight excluding hydrogens is 272 g/mol. The van der Waals surface area contributed by atoms with Crippen LogP contribution in [0, 0.1) is 0 Å². The van der Waals surface area contributed by atoms with E-state index in [9.17, 15) is 21.9 Å². The second kappa shape index (κ2) is 7.27. The summed E-state index contributed by atoms with van der Waals surface area (Å²) < 4.78 is 56.1. The van der Waals surface area contributed by atoms with E-state index in [-0.39, 0.29) is 25.9 Å². The lowest BCUT2D eigenvalue weighted by molar-refractivity contribution is 0.202. The molecule has 104 valence electrons. The normalized spacial score (nSPS) is 14.8. The van der Waals surface area contributed by atoms with Crippen molar-refractivity contribution < 1.29 is 30.7 Å². The fourth-order valence-electron chi connectivity index (χ4n) is 1.03. The van der Waals surface area contributed by atoms with Gasteiger partial charge in [0.15, 0.2) is 5.44 Å². The van der Waals surface area contributed by atoms with Gasteiger partial charge in [-0.2, -0.15) is 16.8 Å². The van der Waals surface area contributed by atoms with Crippen molar-refractivity contribution in [3.05, 3.63) is 0 Å². The minimum absolute atomic E-state index is 0.0906. The number of hydrogen-bond donors (Lipinski definition) is 2. The fraction of sp³-hybridized carbons (Fsp3) is 1.00. The first-order chi connectivity index (χ1) is 7.69. The first-order valence-electron chi connectivity index (χ1n) is 5.20. The highest BCUT2D eigenvalue weighted by atomic mass is 32.2. The standard InChI is InChI=1S/C8H18O7S2/c1-2-5-8(9)17(13,14)15-6-3-4-7-16(10,11)12/h8-9H,2-7H2,1H3,(H,10,11,12). The third-order valence-corrected chi connectivity index (χ3v) is 4.12. The van der Waals surface area contributed by atoms with Gasteiger partial charge < -0.3 is 5.11 Å². The number of rotatable bonds is 9. The Labute approximate surface area is 102 Å². The monoisotopic (exact) mass is 290 g/mol. The summed E-state index contributed by atoms with van der Waals surface area (Å²) in [6.07, 6.45) is 0.857. The van der Waals surface area contributed by atoms with Crippen LogP contribution >= 0.6 is 0 Å². The van der Waals surface area contributed by atoms with Crippen LogP contribution in [0.1, 0.15) is 32.6 Å². The van der Waals surface area contributed by atoms with Gasteiger partial charge in [0.1, 0.15) is 0 Å². The molecule has 1 atom stereocenters. The smallest absolute Gasteiger partial charge is 0.294 e. The van der Waals surface area contributed by atoms with Gasteiger partial charge in [0.2, 0.25) is 0 Å². The van der Waals surface area contributed by atoms with Crippen molar-refractivity contribution in [1.82, 2.24) is 0 Å². The molecule has 0 rings (SSSR count). The number of aliphatic hydroxyl groups excluding tert-OH is 1. The van der Waals surface area contributed by atoms with Gasteiger partial charge in [-0.15, -0.1) is 0 Å². The lowest BCUT2D eigenvalue weighted by Crippen LogP contribution is -2.23. The maximum absolute atomic E-state index is 11.2. The molecule has 0 spiro atoms. The SMILES string of the molecule is CCCC(O)S(=O)(=O)OCCCCS(=O)(=O)O. The second-order valence-electron chi connectivity index (χ2n) is 3.55. The first-order valence-corrected chi connectivity index (χ1v) is 8.28. The third kappa shape index (κ3) is 8.50. The summed E-state index contributed by atoms with van der Waals surface area (Å²) in [6, 6.07) is 0. The van der Waals surface area contributed by atoms with Gasteiger partial charge >= 0.3 is 0 Å². The van der Waals surface area contributed by atoms with Crippen molar-refractivity contribution >= 4 is 20.2 Å². The number of aliphatic hydroxyl groups is 1. The molecule has 1 unspecified atom stereocenters. The Balaban J connectivity index is 3.89. The predicted molar refractivity (Wildman–Crippen MR) is 61.4 cm³/mol. The number of hydrogen-bond acceptors (Lipinski definition) is 6. The molecule has 0 aliphatic heterocycles. The van der Waals surface area contributed by atoms with Gasteiger partial charge in [0.25, 0.3) is 20.2 Å². The third-order valence-electron chi connectivity index (χ3n) is 1.91. The summed E-state index contributed by atoms with van der Waals surface area (Å²) in [5.41, 5.74) is -1.55. The zero-order chi connectivity index (χ0) is 13.5. The van der Waals surface area contributed by atoms with Gasteiger partial charge in [0, 0.05) is 0 Å². The molecule has 0 saturated heterocycles. The van der Waals surface area contributed by atoms with Crippen LogP contribution in [0.15, 0.2) is 0 Å². The van der Waals surface area contributed by atoms with Crippen LogP contribution < -0.4 is 0 Å². The molecule has 0 radical (unpaired) electrons. The zero-order valence-electron chi connectivity index (χ0n) is 9.57. The number of unbranched alkanes of at least 4 members (excludes halogenated alkanes) is 1. The van der Waals surface area contributed by atoms with E-state index in [0.717, 1.165) is 0 Å². The van der Waals surface area contributed by atoms with Gasteiger partial charge in [-0.1, -0.05) is 13.3 Å². The Kier molecular flexibility index (Phi) is 7.17. The van der Waals surface area contributed by atoms with Crippen molar-refractivity contribution in [2.24, 2.45) is 0 Å². The largest absolute Gasteiger partial charge is 0.375 e. The summed E-state index contributed by atoms with van der Waals surface area (Å²) in [7, 11) is -8.01. The molecule has 9 heteroatoms. The van der Waals surface area contributed by atoms with E-state index in [2.05, 4.69) is 4.18 Å². The van der Waals surface area contributed by atoms with Crippen LogP contribution in [0.2, 0.25) is 0 Å². The molecule has 0 aromatic heterocycles. The van der Waals surface area contributed by atoms with Gasteiger partial charge in [0.05, 0.1) is 12.4 Å². The highest BCUT2D eigenvalue weighted by Crippen LogP contribution is 2.08. The van der Waals surface area contributed by atoms with E-state index in [1.807, 2.05) is 0 Å². The van der Waals surface area contributed by atoms with Crippen LogP contribution in [-0.4, -0.2) is 44.3 Å². The molecular formula is C8H18O7S2. The molecule has 0 heterocycles. The molecule has 0 fully saturated rings. The molecule has 0 saturated carbocycles. The van der Waals surface area contributed by atoms with Crippen LogP contribution in [0.5, 0.6) is 0 Å². The van der Waals surface area contributed by atoms with Crippen molar-refractivity contribution in [3.63, 3.8) is 0 Å². The minimum Gasteiger partial charge on any atom is -0.375 e. The lowest BCUT2D eigenvalue weighted by Gasteiger charge is -2.10. The summed E-state index contributed by atoms with van der Waals surface area (Å²) in [5.74, 6) is -0.437. The van der Waals surface area contributed by atoms with E-state index < -0.39 is 31.4 Å². The second-order valence-corrected chi connectivity index (χ2v) is 6.89. The van der Waals surface area contributed by atoms with E-state index >= 15 is 0 Å². The molecule has 0 aromatic carbocycles. The van der Waals surface area contributed by atoms with Crippen molar-refractivity contribution in [2.45, 2.75) is 38.0 Å². The van der Waals surface area contributed by atoms with Crippen LogP contribution in [0.3, 0.4) is 0 Å². The predicted octanol–water partition coefficient (Wildman–Crippen LogP) is 0.119. The van der Waals surface area contributed by atoms with E-state index in [1.165, 1.54) is 0 Å². The van der Waals surface area contributed by atoms with E-state index in [4.69, 9.17) is 4.55 Å². The molecule has 7 nitrogen and oxygen atoms in total. The topological polar surface area (TPSA) is 118 Å². The summed E-state index contributed by atoms with van der Waals surface area (Å²) in [5, 5.41) is 9.21. The van der Waals surface area contributed by atoms with Gasteiger partial charge in [-0.3, -0.25) is 8.74 Å². The molecule has 0 amide bonds. The van der Waals surface area contributed by atoms with E-state index in [0.29, 0.717) is 6.42 Å². The van der Waals surface area contributed by atoms with Gasteiger partial charge in [-0.05, 0) is 19.3 Å².